The van der Waals surface area contributed by atoms with Gasteiger partial charge in [-0.25, -0.2) is 5.43 Å². The molecule has 0 radical (unpaired) electrons. The van der Waals surface area contributed by atoms with E-state index in [0.717, 1.165) is 54.3 Å². The molecule has 0 aromatic heterocycles. The lowest BCUT2D eigenvalue weighted by molar-refractivity contribution is 0.345. The van der Waals surface area contributed by atoms with Crippen LogP contribution in [-0.2, 0) is 11.3 Å². The van der Waals surface area contributed by atoms with E-state index in [9.17, 15) is 0 Å². The highest BCUT2D eigenvalue weighted by molar-refractivity contribution is 6.31. The number of hydrazone groups is 1. The van der Waals surface area contributed by atoms with Crippen molar-refractivity contribution in [3.63, 3.8) is 0 Å². The number of piperidine rings is 1. The monoisotopic (exact) mass is 429 g/mol. The summed E-state index contributed by atoms with van der Waals surface area (Å²) in [5.41, 5.74) is 18.9. The number of benzene rings is 1. The lowest BCUT2D eigenvalue weighted by Crippen LogP contribution is -2.38. The van der Waals surface area contributed by atoms with Gasteiger partial charge in [-0.3, -0.25) is 4.99 Å². The van der Waals surface area contributed by atoms with Crippen LogP contribution in [0, 0.1) is 12.8 Å². The standard InChI is InChI=1S/C21H28ClN7O/c1-13-2-3-16(22)15(10-13)12-29-9-8-26-19(24)18(29)11-17(23)21-28-27-20(30-21)14-4-6-25-7-5-14/h2-3,10-11,14,25,28H,4-9,12,23H2,1H3,(H2,24,26). The normalized spacial score (nSPS) is 23.0. The number of halogens is 1. The smallest absolute Gasteiger partial charge is 0.238 e. The summed E-state index contributed by atoms with van der Waals surface area (Å²) in [5, 5.41) is 8.41. The van der Waals surface area contributed by atoms with Crippen LogP contribution < -0.4 is 22.2 Å². The van der Waals surface area contributed by atoms with E-state index >= 15 is 0 Å². The quantitative estimate of drug-likeness (QED) is 0.580. The van der Waals surface area contributed by atoms with Crippen LogP contribution in [0.25, 0.3) is 0 Å². The van der Waals surface area contributed by atoms with Crippen LogP contribution >= 0.6 is 11.6 Å². The average Bonchev–Trinajstić information content (AvgIpc) is 3.24. The Hall–Kier alpha value is -2.71. The molecule has 3 aliphatic heterocycles. The molecule has 3 aliphatic rings. The molecular weight excluding hydrogens is 402 g/mol. The Morgan fingerprint density at radius 1 is 1.37 bits per heavy atom. The van der Waals surface area contributed by atoms with Gasteiger partial charge in [0.2, 0.25) is 11.8 Å². The van der Waals surface area contributed by atoms with Crippen molar-refractivity contribution >= 4 is 23.3 Å². The van der Waals surface area contributed by atoms with E-state index in [1.807, 2.05) is 19.1 Å². The summed E-state index contributed by atoms with van der Waals surface area (Å²) < 4.78 is 5.93. The van der Waals surface area contributed by atoms with Crippen molar-refractivity contribution in [2.75, 3.05) is 26.2 Å². The molecule has 30 heavy (non-hydrogen) atoms. The second kappa shape index (κ2) is 8.97. The summed E-state index contributed by atoms with van der Waals surface area (Å²) in [6, 6.07) is 6.01. The minimum atomic E-state index is 0.304. The van der Waals surface area contributed by atoms with Crippen LogP contribution in [0.2, 0.25) is 5.02 Å². The molecule has 1 saturated heterocycles. The van der Waals surface area contributed by atoms with Crippen LogP contribution in [0.5, 0.6) is 0 Å². The van der Waals surface area contributed by atoms with Crippen LogP contribution in [0.4, 0.5) is 0 Å². The average molecular weight is 430 g/mol. The third kappa shape index (κ3) is 4.55. The van der Waals surface area contributed by atoms with E-state index in [-0.39, 0.29) is 0 Å². The zero-order valence-electron chi connectivity index (χ0n) is 17.1. The Labute approximate surface area is 181 Å². The van der Waals surface area contributed by atoms with E-state index in [0.29, 0.717) is 42.3 Å². The van der Waals surface area contributed by atoms with Crippen molar-refractivity contribution < 1.29 is 4.74 Å². The minimum absolute atomic E-state index is 0.304. The number of nitrogens with two attached hydrogens (primary N) is 2. The molecule has 0 bridgehead atoms. The van der Waals surface area contributed by atoms with Crippen molar-refractivity contribution in [3.05, 3.63) is 57.7 Å². The first-order valence-corrected chi connectivity index (χ1v) is 10.6. The lowest BCUT2D eigenvalue weighted by Gasteiger charge is -2.30. The van der Waals surface area contributed by atoms with Gasteiger partial charge in [0.15, 0.2) is 0 Å². The number of amidine groups is 1. The lowest BCUT2D eigenvalue weighted by atomic mass is 9.98. The maximum Gasteiger partial charge on any atom is 0.238 e. The molecule has 0 atom stereocenters. The van der Waals surface area contributed by atoms with Crippen molar-refractivity contribution in [2.45, 2.75) is 26.3 Å². The van der Waals surface area contributed by atoms with Gasteiger partial charge in [-0.15, -0.1) is 5.10 Å². The molecule has 1 aromatic carbocycles. The Morgan fingerprint density at radius 3 is 2.97 bits per heavy atom. The van der Waals surface area contributed by atoms with Crippen LogP contribution in [-0.4, -0.2) is 42.8 Å². The van der Waals surface area contributed by atoms with Gasteiger partial charge < -0.3 is 26.4 Å². The molecule has 160 valence electrons. The molecule has 0 saturated carbocycles. The van der Waals surface area contributed by atoms with Gasteiger partial charge in [-0.05, 0) is 50.6 Å². The molecule has 0 amide bonds. The zero-order valence-corrected chi connectivity index (χ0v) is 17.9. The topological polar surface area (TPSA) is 113 Å². The van der Waals surface area contributed by atoms with E-state index < -0.39 is 0 Å². The van der Waals surface area contributed by atoms with Crippen LogP contribution in [0.1, 0.15) is 24.0 Å². The first-order chi connectivity index (χ1) is 14.5. The van der Waals surface area contributed by atoms with Crippen molar-refractivity contribution in [3.8, 4) is 0 Å². The van der Waals surface area contributed by atoms with E-state index in [2.05, 4.69) is 31.8 Å². The SMILES string of the molecule is Cc1ccc(Cl)c(CN2CCN=C(N)C2=CC(N)=C2NN=C(C3CCNCC3)O2)c1. The number of nitrogens with zero attached hydrogens (tertiary/aromatic N) is 3. The third-order valence-electron chi connectivity index (χ3n) is 5.53. The maximum absolute atomic E-state index is 6.41. The molecule has 9 heteroatoms. The second-order valence-corrected chi connectivity index (χ2v) is 8.19. The van der Waals surface area contributed by atoms with Gasteiger partial charge >= 0.3 is 0 Å². The highest BCUT2D eigenvalue weighted by Gasteiger charge is 2.27. The summed E-state index contributed by atoms with van der Waals surface area (Å²) in [6.07, 6.45) is 3.80. The van der Waals surface area contributed by atoms with Gasteiger partial charge in [0, 0.05) is 24.0 Å². The Kier molecular flexibility index (Phi) is 6.15. The summed E-state index contributed by atoms with van der Waals surface area (Å²) in [5.74, 6) is 1.88. The molecule has 1 aromatic rings. The van der Waals surface area contributed by atoms with Gasteiger partial charge in [0.25, 0.3) is 0 Å². The predicted octanol–water partition coefficient (Wildman–Crippen LogP) is 1.77. The maximum atomic E-state index is 6.41. The molecule has 3 heterocycles. The molecule has 1 fully saturated rings. The van der Waals surface area contributed by atoms with Crippen molar-refractivity contribution in [1.29, 1.82) is 0 Å². The Balaban J connectivity index is 1.53. The van der Waals surface area contributed by atoms with Crippen molar-refractivity contribution in [2.24, 2.45) is 27.5 Å². The van der Waals surface area contributed by atoms with Crippen LogP contribution in [0.15, 0.2) is 51.6 Å². The van der Waals surface area contributed by atoms with Crippen LogP contribution in [0.3, 0.4) is 0 Å². The van der Waals surface area contributed by atoms with Gasteiger partial charge in [-0.1, -0.05) is 29.3 Å². The number of allylic oxidation sites excluding steroid dienone is 1. The van der Waals surface area contributed by atoms with Gasteiger partial charge in [0.1, 0.15) is 5.84 Å². The minimum Gasteiger partial charge on any atom is -0.421 e. The fourth-order valence-electron chi connectivity index (χ4n) is 3.85. The zero-order chi connectivity index (χ0) is 21.1. The van der Waals surface area contributed by atoms with Crippen molar-refractivity contribution in [1.82, 2.24) is 15.6 Å². The molecular formula is C21H28ClN7O. The first kappa shape index (κ1) is 20.6. The number of aryl methyl sites for hydroxylation is 1. The molecule has 0 spiro atoms. The number of aliphatic imine (C=N–C) groups is 1. The van der Waals surface area contributed by atoms with E-state index in [1.54, 1.807) is 6.08 Å². The highest BCUT2D eigenvalue weighted by atomic mass is 35.5. The molecule has 0 aliphatic carbocycles. The molecule has 4 rings (SSSR count). The van der Waals surface area contributed by atoms with E-state index in [1.165, 1.54) is 0 Å². The molecule has 0 unspecified atom stereocenters. The number of ether oxygens (including phenoxy) is 1. The second-order valence-electron chi connectivity index (χ2n) is 7.79. The Bertz CT molecular complexity index is 931. The summed E-state index contributed by atoms with van der Waals surface area (Å²) in [6.45, 7) is 5.96. The number of hydrogen-bond acceptors (Lipinski definition) is 8. The number of nitrogens with one attached hydrogen (secondary N) is 2. The predicted molar refractivity (Wildman–Crippen MR) is 120 cm³/mol. The van der Waals surface area contributed by atoms with Gasteiger partial charge in [0.05, 0.1) is 17.9 Å². The highest BCUT2D eigenvalue weighted by Crippen LogP contribution is 2.24. The summed E-state index contributed by atoms with van der Waals surface area (Å²) in [7, 11) is 0. The first-order valence-electron chi connectivity index (χ1n) is 10.2. The van der Waals surface area contributed by atoms with E-state index in [4.69, 9.17) is 27.8 Å². The summed E-state index contributed by atoms with van der Waals surface area (Å²) in [4.78, 5) is 6.53. The molecule has 6 N–H and O–H groups in total. The fraction of sp³-hybridized carbons (Fsp3) is 0.429. The fourth-order valence-corrected chi connectivity index (χ4v) is 4.03. The number of rotatable bonds is 4. The third-order valence-corrected chi connectivity index (χ3v) is 5.90. The Morgan fingerprint density at radius 2 is 2.17 bits per heavy atom. The largest absolute Gasteiger partial charge is 0.421 e. The summed E-state index contributed by atoms with van der Waals surface area (Å²) >= 11 is 6.41. The molecule has 8 nitrogen and oxygen atoms in total. The number of hydrogen-bond donors (Lipinski definition) is 4. The van der Waals surface area contributed by atoms with Gasteiger partial charge in [-0.2, -0.15) is 0 Å².